The predicted octanol–water partition coefficient (Wildman–Crippen LogP) is 2.81. The molecular weight excluding hydrogens is 288 g/mol. The van der Waals surface area contributed by atoms with Gasteiger partial charge in [-0.3, -0.25) is 0 Å². The summed E-state index contributed by atoms with van der Waals surface area (Å²) in [5.41, 5.74) is 7.64. The minimum atomic E-state index is 0.383. The lowest BCUT2D eigenvalue weighted by Gasteiger charge is -2.15. The smallest absolute Gasteiger partial charge is 0.203 e. The summed E-state index contributed by atoms with van der Waals surface area (Å²) in [6.07, 6.45) is 0. The molecule has 114 valence electrons. The monoisotopic (exact) mass is 308 g/mol. The predicted molar refractivity (Wildman–Crippen MR) is 83.4 cm³/mol. The quantitative estimate of drug-likeness (QED) is 0.889. The SMILES string of the molecule is COc1cc(CN)cc(OC)c1OCc1nc(C)c(C)s1. The maximum Gasteiger partial charge on any atom is 0.203 e. The summed E-state index contributed by atoms with van der Waals surface area (Å²) in [4.78, 5) is 5.66. The van der Waals surface area contributed by atoms with Crippen LogP contribution in [0.25, 0.3) is 0 Å². The van der Waals surface area contributed by atoms with Crippen LogP contribution >= 0.6 is 11.3 Å². The third-order valence-corrected chi connectivity index (χ3v) is 4.22. The van der Waals surface area contributed by atoms with Gasteiger partial charge >= 0.3 is 0 Å². The van der Waals surface area contributed by atoms with Crippen molar-refractivity contribution >= 4 is 11.3 Å². The zero-order valence-electron chi connectivity index (χ0n) is 12.7. The van der Waals surface area contributed by atoms with E-state index in [4.69, 9.17) is 19.9 Å². The van der Waals surface area contributed by atoms with Gasteiger partial charge in [0.2, 0.25) is 5.75 Å². The number of aromatic nitrogens is 1. The summed E-state index contributed by atoms with van der Waals surface area (Å²) in [5.74, 6) is 1.79. The number of ether oxygens (including phenoxy) is 3. The van der Waals surface area contributed by atoms with Gasteiger partial charge in [-0.2, -0.15) is 0 Å². The molecule has 1 aromatic heterocycles. The van der Waals surface area contributed by atoms with E-state index in [0.717, 1.165) is 16.3 Å². The number of hydrogen-bond acceptors (Lipinski definition) is 6. The summed E-state index contributed by atoms with van der Waals surface area (Å²) >= 11 is 1.63. The molecule has 0 amide bonds. The fourth-order valence-corrected chi connectivity index (χ4v) is 2.78. The molecule has 0 aliphatic rings. The average Bonchev–Trinajstić information content (AvgIpc) is 2.82. The maximum absolute atomic E-state index is 5.86. The molecule has 0 aliphatic carbocycles. The van der Waals surface area contributed by atoms with Crippen LogP contribution < -0.4 is 19.9 Å². The molecule has 5 nitrogen and oxygen atoms in total. The Hall–Kier alpha value is -1.79. The van der Waals surface area contributed by atoms with Gasteiger partial charge in [0.15, 0.2) is 11.5 Å². The second-order valence-electron chi connectivity index (χ2n) is 4.57. The van der Waals surface area contributed by atoms with Gasteiger partial charge in [-0.05, 0) is 31.5 Å². The minimum Gasteiger partial charge on any atom is -0.493 e. The van der Waals surface area contributed by atoms with E-state index in [1.165, 1.54) is 4.88 Å². The molecule has 2 N–H and O–H groups in total. The van der Waals surface area contributed by atoms with Crippen molar-refractivity contribution in [1.82, 2.24) is 4.98 Å². The van der Waals surface area contributed by atoms with Crippen molar-refractivity contribution < 1.29 is 14.2 Å². The lowest BCUT2D eigenvalue weighted by Crippen LogP contribution is -2.03. The molecule has 21 heavy (non-hydrogen) atoms. The first-order valence-electron chi connectivity index (χ1n) is 6.59. The van der Waals surface area contributed by atoms with Gasteiger partial charge in [0, 0.05) is 11.4 Å². The molecule has 0 unspecified atom stereocenters. The number of rotatable bonds is 6. The largest absolute Gasteiger partial charge is 0.493 e. The van der Waals surface area contributed by atoms with Crippen molar-refractivity contribution in [2.24, 2.45) is 5.73 Å². The van der Waals surface area contributed by atoms with Crippen molar-refractivity contribution in [1.29, 1.82) is 0 Å². The van der Waals surface area contributed by atoms with E-state index in [2.05, 4.69) is 4.98 Å². The lowest BCUT2D eigenvalue weighted by atomic mass is 10.2. The van der Waals surface area contributed by atoms with Gasteiger partial charge in [0.1, 0.15) is 11.6 Å². The van der Waals surface area contributed by atoms with E-state index in [1.807, 2.05) is 26.0 Å². The van der Waals surface area contributed by atoms with Crippen molar-refractivity contribution in [2.75, 3.05) is 14.2 Å². The molecule has 0 fully saturated rings. The first-order valence-corrected chi connectivity index (χ1v) is 7.41. The lowest BCUT2D eigenvalue weighted by molar-refractivity contribution is 0.265. The third-order valence-electron chi connectivity index (χ3n) is 3.17. The number of methoxy groups -OCH3 is 2. The molecule has 0 atom stereocenters. The second-order valence-corrected chi connectivity index (χ2v) is 5.86. The molecule has 0 saturated carbocycles. The van der Waals surface area contributed by atoms with E-state index in [0.29, 0.717) is 30.4 Å². The van der Waals surface area contributed by atoms with Crippen LogP contribution in [0, 0.1) is 13.8 Å². The van der Waals surface area contributed by atoms with Gasteiger partial charge in [-0.25, -0.2) is 4.98 Å². The van der Waals surface area contributed by atoms with Gasteiger partial charge in [-0.1, -0.05) is 0 Å². The summed E-state index contributed by atoms with van der Waals surface area (Å²) < 4.78 is 16.6. The van der Waals surface area contributed by atoms with E-state index in [9.17, 15) is 0 Å². The zero-order chi connectivity index (χ0) is 15.4. The molecule has 0 spiro atoms. The molecular formula is C15H20N2O3S. The van der Waals surface area contributed by atoms with Crippen LogP contribution in [-0.2, 0) is 13.2 Å². The molecule has 0 saturated heterocycles. The van der Waals surface area contributed by atoms with Crippen molar-refractivity contribution in [3.63, 3.8) is 0 Å². The minimum absolute atomic E-state index is 0.383. The second kappa shape index (κ2) is 6.78. The Morgan fingerprint density at radius 2 is 1.76 bits per heavy atom. The molecule has 2 rings (SSSR count). The Morgan fingerprint density at radius 3 is 2.19 bits per heavy atom. The molecule has 2 aromatic rings. The highest BCUT2D eigenvalue weighted by molar-refractivity contribution is 7.11. The molecule has 0 radical (unpaired) electrons. The third kappa shape index (κ3) is 3.46. The summed E-state index contributed by atoms with van der Waals surface area (Å²) in [6.45, 7) is 4.84. The van der Waals surface area contributed by atoms with Crippen molar-refractivity contribution in [2.45, 2.75) is 27.0 Å². The molecule has 1 aromatic carbocycles. The molecule has 0 aliphatic heterocycles. The van der Waals surface area contributed by atoms with Crippen LogP contribution in [0.5, 0.6) is 17.2 Å². The Bertz CT molecular complexity index is 581. The fourth-order valence-electron chi connectivity index (χ4n) is 1.93. The van der Waals surface area contributed by atoms with Crippen LogP contribution in [0.3, 0.4) is 0 Å². The summed E-state index contributed by atoms with van der Waals surface area (Å²) in [7, 11) is 3.19. The van der Waals surface area contributed by atoms with Gasteiger partial charge in [0.25, 0.3) is 0 Å². The van der Waals surface area contributed by atoms with E-state index < -0.39 is 0 Å². The number of aryl methyl sites for hydroxylation is 2. The molecule has 1 heterocycles. The normalized spacial score (nSPS) is 10.5. The highest BCUT2D eigenvalue weighted by Crippen LogP contribution is 2.39. The number of benzene rings is 1. The first-order chi connectivity index (χ1) is 10.1. The van der Waals surface area contributed by atoms with Crippen molar-refractivity contribution in [3.8, 4) is 17.2 Å². The average molecular weight is 308 g/mol. The first kappa shape index (κ1) is 15.6. The Morgan fingerprint density at radius 1 is 1.14 bits per heavy atom. The van der Waals surface area contributed by atoms with Crippen molar-refractivity contribution in [3.05, 3.63) is 33.3 Å². The molecule has 6 heteroatoms. The summed E-state index contributed by atoms with van der Waals surface area (Å²) in [5, 5.41) is 0.928. The number of hydrogen-bond donors (Lipinski definition) is 1. The van der Waals surface area contributed by atoms with Crippen LogP contribution in [0.2, 0.25) is 0 Å². The number of nitrogens with two attached hydrogens (primary N) is 1. The number of thiazole rings is 1. The van der Waals surface area contributed by atoms with Crippen LogP contribution in [0.4, 0.5) is 0 Å². The highest BCUT2D eigenvalue weighted by atomic mass is 32.1. The molecule has 0 bridgehead atoms. The van der Waals surface area contributed by atoms with Gasteiger partial charge in [0.05, 0.1) is 19.9 Å². The Kier molecular flexibility index (Phi) is 5.03. The van der Waals surface area contributed by atoms with Crippen LogP contribution in [0.1, 0.15) is 21.1 Å². The van der Waals surface area contributed by atoms with Crippen LogP contribution in [0.15, 0.2) is 12.1 Å². The Labute approximate surface area is 128 Å². The van der Waals surface area contributed by atoms with Crippen LogP contribution in [-0.4, -0.2) is 19.2 Å². The van der Waals surface area contributed by atoms with Gasteiger partial charge in [-0.15, -0.1) is 11.3 Å². The van der Waals surface area contributed by atoms with E-state index in [1.54, 1.807) is 25.6 Å². The van der Waals surface area contributed by atoms with E-state index in [-0.39, 0.29) is 0 Å². The number of nitrogens with zero attached hydrogens (tertiary/aromatic N) is 1. The highest BCUT2D eigenvalue weighted by Gasteiger charge is 2.15. The maximum atomic E-state index is 5.86. The fraction of sp³-hybridized carbons (Fsp3) is 0.400. The standard InChI is InChI=1S/C15H20N2O3S/c1-9-10(2)21-14(17-9)8-20-15-12(18-3)5-11(7-16)6-13(15)19-4/h5-6H,7-8,16H2,1-4H3. The Balaban J connectivity index is 2.25. The summed E-state index contributed by atoms with van der Waals surface area (Å²) in [6, 6.07) is 3.71. The van der Waals surface area contributed by atoms with E-state index >= 15 is 0 Å². The van der Waals surface area contributed by atoms with Gasteiger partial charge < -0.3 is 19.9 Å². The zero-order valence-corrected chi connectivity index (χ0v) is 13.5. The topological polar surface area (TPSA) is 66.6 Å².